The van der Waals surface area contributed by atoms with Gasteiger partial charge in [-0.25, -0.2) is 4.98 Å². The van der Waals surface area contributed by atoms with Gasteiger partial charge in [-0.05, 0) is 44.5 Å². The third-order valence-corrected chi connectivity index (χ3v) is 5.32. The Labute approximate surface area is 157 Å². The Hall–Kier alpha value is -2.66. The van der Waals surface area contributed by atoms with Gasteiger partial charge >= 0.3 is 0 Å². The fraction of sp³-hybridized carbons (Fsp3) is 0.238. The molecule has 1 unspecified atom stereocenters. The molecule has 0 N–H and O–H groups in total. The molecule has 1 atom stereocenters. The van der Waals surface area contributed by atoms with Gasteiger partial charge in [-0.15, -0.1) is 11.3 Å². The summed E-state index contributed by atoms with van der Waals surface area (Å²) in [4.78, 5) is 19.2. The fourth-order valence-electron chi connectivity index (χ4n) is 3.10. The number of hydrogen-bond acceptors (Lipinski definition) is 4. The van der Waals surface area contributed by atoms with E-state index < -0.39 is 6.10 Å². The maximum absolute atomic E-state index is 12.8. The summed E-state index contributed by atoms with van der Waals surface area (Å²) in [5.74, 6) is 0.713. The zero-order chi connectivity index (χ0) is 18.3. The summed E-state index contributed by atoms with van der Waals surface area (Å²) >= 11 is 1.62. The van der Waals surface area contributed by atoms with Gasteiger partial charge in [-0.3, -0.25) is 4.79 Å². The Morgan fingerprint density at radius 1 is 1.15 bits per heavy atom. The van der Waals surface area contributed by atoms with E-state index in [2.05, 4.69) is 36.2 Å². The topological polar surface area (TPSA) is 42.4 Å². The fourth-order valence-corrected chi connectivity index (χ4v) is 3.72. The van der Waals surface area contributed by atoms with Gasteiger partial charge in [-0.2, -0.15) is 0 Å². The molecule has 26 heavy (non-hydrogen) atoms. The molecule has 0 saturated heterocycles. The van der Waals surface area contributed by atoms with Crippen molar-refractivity contribution in [1.82, 2.24) is 4.98 Å². The number of aryl methyl sites for hydroxylation is 2. The highest BCUT2D eigenvalue weighted by molar-refractivity contribution is 7.09. The number of benzene rings is 2. The number of ether oxygens (including phenoxy) is 1. The van der Waals surface area contributed by atoms with E-state index in [0.717, 1.165) is 33.3 Å². The van der Waals surface area contributed by atoms with E-state index in [1.165, 1.54) is 5.56 Å². The van der Waals surface area contributed by atoms with Crippen LogP contribution in [0.2, 0.25) is 0 Å². The number of fused-ring (bicyclic) bond motifs is 1. The van der Waals surface area contributed by atoms with Gasteiger partial charge < -0.3 is 9.64 Å². The van der Waals surface area contributed by atoms with Crippen molar-refractivity contribution in [2.45, 2.75) is 33.4 Å². The summed E-state index contributed by atoms with van der Waals surface area (Å²) in [6, 6.07) is 14.2. The third kappa shape index (κ3) is 3.10. The lowest BCUT2D eigenvalue weighted by Crippen LogP contribution is -2.44. The maximum Gasteiger partial charge on any atom is 0.268 e. The molecule has 2 aromatic carbocycles. The van der Waals surface area contributed by atoms with Crippen LogP contribution < -0.4 is 9.64 Å². The predicted octanol–water partition coefficient (Wildman–Crippen LogP) is 4.74. The van der Waals surface area contributed by atoms with Gasteiger partial charge in [0.2, 0.25) is 0 Å². The molecule has 1 amide bonds. The van der Waals surface area contributed by atoms with Gasteiger partial charge in [0, 0.05) is 10.9 Å². The van der Waals surface area contributed by atoms with E-state index in [4.69, 9.17) is 4.74 Å². The first-order chi connectivity index (χ1) is 12.5. The number of anilines is 1. The Kier molecular flexibility index (Phi) is 4.24. The molecule has 4 nitrogen and oxygen atoms in total. The van der Waals surface area contributed by atoms with Crippen LogP contribution in [0.15, 0.2) is 47.8 Å². The number of thiazole rings is 1. The molecule has 4 rings (SSSR count). The van der Waals surface area contributed by atoms with E-state index in [1.54, 1.807) is 18.3 Å². The van der Waals surface area contributed by atoms with E-state index in [-0.39, 0.29) is 5.91 Å². The molecule has 0 aliphatic carbocycles. The summed E-state index contributed by atoms with van der Waals surface area (Å²) in [5, 5.41) is 3.06. The molecule has 1 aliphatic heterocycles. The Bertz CT molecular complexity index is 962. The second-order valence-electron chi connectivity index (χ2n) is 6.60. The zero-order valence-corrected chi connectivity index (χ0v) is 15.8. The number of aromatic nitrogens is 1. The van der Waals surface area contributed by atoms with E-state index in [9.17, 15) is 4.79 Å². The van der Waals surface area contributed by atoms with Gasteiger partial charge in [0.25, 0.3) is 5.91 Å². The lowest BCUT2D eigenvalue weighted by atomic mass is 10.1. The lowest BCUT2D eigenvalue weighted by molar-refractivity contribution is -0.125. The molecule has 1 aliphatic rings. The first kappa shape index (κ1) is 16.8. The zero-order valence-electron chi connectivity index (χ0n) is 15.0. The van der Waals surface area contributed by atoms with Crippen LogP contribution in [0, 0.1) is 13.8 Å². The molecule has 3 aromatic rings. The van der Waals surface area contributed by atoms with Crippen molar-refractivity contribution in [2.75, 3.05) is 4.90 Å². The molecular formula is C21H20N2O2S. The van der Waals surface area contributed by atoms with Crippen LogP contribution in [-0.2, 0) is 11.3 Å². The quantitative estimate of drug-likeness (QED) is 0.674. The number of carbonyl (C=O) groups is 1. The van der Waals surface area contributed by atoms with E-state index in [0.29, 0.717) is 6.54 Å². The highest BCUT2D eigenvalue weighted by atomic mass is 32.1. The number of nitrogens with zero attached hydrogens (tertiary/aromatic N) is 2. The van der Waals surface area contributed by atoms with Gasteiger partial charge in [-0.1, -0.05) is 29.8 Å². The second-order valence-corrected chi connectivity index (χ2v) is 7.67. The van der Waals surface area contributed by atoms with Crippen LogP contribution in [0.3, 0.4) is 0 Å². The molecular weight excluding hydrogens is 344 g/mol. The van der Waals surface area contributed by atoms with Gasteiger partial charge in [0.15, 0.2) is 6.10 Å². The SMILES string of the molecule is Cc1ccc(CN2C(=O)C(C)Oc3ccc(-c4csc(C)n4)cc32)cc1. The maximum atomic E-state index is 12.8. The number of hydrogen-bond donors (Lipinski definition) is 0. The Morgan fingerprint density at radius 3 is 2.62 bits per heavy atom. The molecule has 0 fully saturated rings. The summed E-state index contributed by atoms with van der Waals surface area (Å²) in [5.41, 5.74) is 5.03. The lowest BCUT2D eigenvalue weighted by Gasteiger charge is -2.33. The van der Waals surface area contributed by atoms with Gasteiger partial charge in [0.05, 0.1) is 22.9 Å². The van der Waals surface area contributed by atoms with Crippen molar-refractivity contribution < 1.29 is 9.53 Å². The minimum absolute atomic E-state index is 0.0234. The standard InChI is InChI=1S/C21H20N2O2S/c1-13-4-6-16(7-5-13)11-23-19-10-17(18-12-26-15(3)22-18)8-9-20(19)25-14(2)21(23)24/h4-10,12,14H,11H2,1-3H3. The average Bonchev–Trinajstić information content (AvgIpc) is 3.07. The Morgan fingerprint density at radius 2 is 1.92 bits per heavy atom. The van der Waals surface area contributed by atoms with Crippen molar-refractivity contribution >= 4 is 22.9 Å². The summed E-state index contributed by atoms with van der Waals surface area (Å²) in [6.07, 6.45) is -0.486. The van der Waals surface area contributed by atoms with Crippen molar-refractivity contribution in [3.8, 4) is 17.0 Å². The van der Waals surface area contributed by atoms with E-state index >= 15 is 0 Å². The second kappa shape index (κ2) is 6.57. The van der Waals surface area contributed by atoms with Gasteiger partial charge in [0.1, 0.15) is 5.75 Å². The highest BCUT2D eigenvalue weighted by Gasteiger charge is 2.31. The number of amides is 1. The van der Waals surface area contributed by atoms with Crippen molar-refractivity contribution in [2.24, 2.45) is 0 Å². The smallest absolute Gasteiger partial charge is 0.268 e. The molecule has 0 bridgehead atoms. The van der Waals surface area contributed by atoms with Crippen molar-refractivity contribution in [3.05, 3.63) is 64.0 Å². The van der Waals surface area contributed by atoms with Crippen LogP contribution in [0.4, 0.5) is 5.69 Å². The number of carbonyl (C=O) groups excluding carboxylic acids is 1. The van der Waals surface area contributed by atoms with Crippen molar-refractivity contribution in [1.29, 1.82) is 0 Å². The van der Waals surface area contributed by atoms with Crippen LogP contribution in [0.1, 0.15) is 23.1 Å². The highest BCUT2D eigenvalue weighted by Crippen LogP contribution is 2.38. The Balaban J connectivity index is 1.74. The van der Waals surface area contributed by atoms with Crippen molar-refractivity contribution in [3.63, 3.8) is 0 Å². The third-order valence-electron chi connectivity index (χ3n) is 4.54. The molecule has 1 aromatic heterocycles. The van der Waals surface area contributed by atoms with Crippen LogP contribution in [0.5, 0.6) is 5.75 Å². The largest absolute Gasteiger partial charge is 0.479 e. The first-order valence-electron chi connectivity index (χ1n) is 8.61. The molecule has 0 saturated carbocycles. The monoisotopic (exact) mass is 364 g/mol. The van der Waals surface area contributed by atoms with Crippen LogP contribution >= 0.6 is 11.3 Å². The molecule has 5 heteroatoms. The minimum atomic E-state index is -0.486. The normalized spacial score (nSPS) is 16.3. The summed E-state index contributed by atoms with van der Waals surface area (Å²) in [6.45, 7) is 6.37. The predicted molar refractivity (Wildman–Crippen MR) is 105 cm³/mol. The first-order valence-corrected chi connectivity index (χ1v) is 9.49. The van der Waals surface area contributed by atoms with Crippen LogP contribution in [0.25, 0.3) is 11.3 Å². The average molecular weight is 364 g/mol. The summed E-state index contributed by atoms with van der Waals surface area (Å²) in [7, 11) is 0. The molecule has 0 radical (unpaired) electrons. The summed E-state index contributed by atoms with van der Waals surface area (Å²) < 4.78 is 5.82. The molecule has 0 spiro atoms. The van der Waals surface area contributed by atoms with E-state index in [1.807, 2.05) is 35.4 Å². The minimum Gasteiger partial charge on any atom is -0.479 e. The van der Waals surface area contributed by atoms with Crippen LogP contribution in [-0.4, -0.2) is 17.0 Å². The molecule has 2 heterocycles. The number of rotatable bonds is 3. The molecule has 132 valence electrons.